The Bertz CT molecular complexity index is 448. The summed E-state index contributed by atoms with van der Waals surface area (Å²) in [5.74, 6) is 1.05. The Hall–Kier alpha value is -0.620. The van der Waals surface area contributed by atoms with Crippen LogP contribution < -0.4 is 5.32 Å². The van der Waals surface area contributed by atoms with Gasteiger partial charge >= 0.3 is 0 Å². The van der Waals surface area contributed by atoms with Crippen molar-refractivity contribution in [2.45, 2.75) is 19.3 Å². The summed E-state index contributed by atoms with van der Waals surface area (Å²) in [7, 11) is 0. The zero-order chi connectivity index (χ0) is 14.5. The number of piperidine rings is 1. The number of hydrogen-bond acceptors (Lipinski definition) is 4. The van der Waals surface area contributed by atoms with Crippen molar-refractivity contribution in [3.05, 3.63) is 22.4 Å². The second kappa shape index (κ2) is 8.87. The van der Waals surface area contributed by atoms with Crippen LogP contribution in [0.3, 0.4) is 0 Å². The molecule has 0 aliphatic carbocycles. The molecule has 3 heterocycles. The number of halogens is 1. The first-order chi connectivity index (χ1) is 10.3. The zero-order valence-corrected chi connectivity index (χ0v) is 14.6. The summed E-state index contributed by atoms with van der Waals surface area (Å²) < 4.78 is 0. The van der Waals surface area contributed by atoms with Gasteiger partial charge in [0.05, 0.1) is 5.56 Å². The molecule has 124 valence electrons. The molecule has 2 saturated heterocycles. The molecule has 0 spiro atoms. The van der Waals surface area contributed by atoms with Gasteiger partial charge in [0.15, 0.2) is 0 Å². The van der Waals surface area contributed by atoms with Crippen LogP contribution in [-0.2, 0) is 0 Å². The summed E-state index contributed by atoms with van der Waals surface area (Å²) in [6, 6.07) is 1.94. The first-order valence-corrected chi connectivity index (χ1v) is 9.02. The summed E-state index contributed by atoms with van der Waals surface area (Å²) in [5.41, 5.74) is 0.854. The molecule has 1 aromatic heterocycles. The highest BCUT2D eigenvalue weighted by atomic mass is 35.5. The maximum absolute atomic E-state index is 12.4. The van der Waals surface area contributed by atoms with Crippen molar-refractivity contribution in [3.63, 3.8) is 0 Å². The quantitative estimate of drug-likeness (QED) is 0.914. The van der Waals surface area contributed by atoms with Gasteiger partial charge < -0.3 is 15.1 Å². The molecule has 3 rings (SSSR count). The summed E-state index contributed by atoms with van der Waals surface area (Å²) in [6.45, 7) is 7.49. The fourth-order valence-electron chi connectivity index (χ4n) is 3.35. The van der Waals surface area contributed by atoms with E-state index in [1.807, 2.05) is 21.7 Å². The van der Waals surface area contributed by atoms with E-state index in [1.165, 1.54) is 32.5 Å². The molecule has 0 aromatic carbocycles. The second-order valence-corrected chi connectivity index (χ2v) is 6.93. The van der Waals surface area contributed by atoms with E-state index in [-0.39, 0.29) is 18.3 Å². The van der Waals surface area contributed by atoms with Crippen molar-refractivity contribution in [1.29, 1.82) is 0 Å². The van der Waals surface area contributed by atoms with Crippen LogP contribution in [0, 0.1) is 5.92 Å². The standard InChI is InChI=1S/C16H25N3OS.ClH/c20-16(15-4-11-21-13-15)19-8-1-7-18(9-10-19)12-14-2-5-17-6-3-14;/h4,11,13-14,17H,1-3,5-10,12H2;1H. The zero-order valence-electron chi connectivity index (χ0n) is 13.0. The van der Waals surface area contributed by atoms with Crippen LogP contribution in [0.2, 0.25) is 0 Å². The smallest absolute Gasteiger partial charge is 0.254 e. The maximum atomic E-state index is 12.4. The number of carbonyl (C=O) groups is 1. The van der Waals surface area contributed by atoms with E-state index in [2.05, 4.69) is 10.2 Å². The van der Waals surface area contributed by atoms with E-state index in [4.69, 9.17) is 0 Å². The van der Waals surface area contributed by atoms with Crippen LogP contribution in [0.25, 0.3) is 0 Å². The minimum Gasteiger partial charge on any atom is -0.337 e. The average molecular weight is 344 g/mol. The van der Waals surface area contributed by atoms with Crippen molar-refractivity contribution < 1.29 is 4.79 Å². The molecule has 4 nitrogen and oxygen atoms in total. The van der Waals surface area contributed by atoms with Gasteiger partial charge in [-0.2, -0.15) is 11.3 Å². The molecule has 2 fully saturated rings. The van der Waals surface area contributed by atoms with Crippen molar-refractivity contribution in [2.75, 3.05) is 45.8 Å². The molecule has 2 aliphatic rings. The highest BCUT2D eigenvalue weighted by Crippen LogP contribution is 2.16. The van der Waals surface area contributed by atoms with E-state index >= 15 is 0 Å². The predicted molar refractivity (Wildman–Crippen MR) is 94.1 cm³/mol. The number of amides is 1. The van der Waals surface area contributed by atoms with Crippen LogP contribution in [-0.4, -0.2) is 61.5 Å². The SMILES string of the molecule is Cl.O=C(c1ccsc1)N1CCCN(CC2CCNCC2)CC1. The lowest BCUT2D eigenvalue weighted by molar-refractivity contribution is 0.0760. The van der Waals surface area contributed by atoms with E-state index in [1.54, 1.807) is 11.3 Å². The minimum absolute atomic E-state index is 0. The van der Waals surface area contributed by atoms with Gasteiger partial charge in [-0.25, -0.2) is 0 Å². The topological polar surface area (TPSA) is 35.6 Å². The summed E-state index contributed by atoms with van der Waals surface area (Å²) in [6.07, 6.45) is 3.70. The highest BCUT2D eigenvalue weighted by Gasteiger charge is 2.22. The average Bonchev–Trinajstić information content (AvgIpc) is 2.95. The predicted octanol–water partition coefficient (Wildman–Crippen LogP) is 2.32. The van der Waals surface area contributed by atoms with Gasteiger partial charge in [0.25, 0.3) is 5.91 Å². The third-order valence-corrected chi connectivity index (χ3v) is 5.30. The fraction of sp³-hybridized carbons (Fsp3) is 0.688. The molecular formula is C16H26ClN3OS. The molecule has 0 unspecified atom stereocenters. The minimum atomic E-state index is 0. The Morgan fingerprint density at radius 1 is 1.23 bits per heavy atom. The van der Waals surface area contributed by atoms with Gasteiger partial charge in [0.2, 0.25) is 0 Å². The molecular weight excluding hydrogens is 318 g/mol. The van der Waals surface area contributed by atoms with Crippen LogP contribution in [0.4, 0.5) is 0 Å². The number of thiophene rings is 1. The van der Waals surface area contributed by atoms with Crippen LogP contribution in [0.15, 0.2) is 16.8 Å². The molecule has 0 saturated carbocycles. The molecule has 1 amide bonds. The molecule has 1 N–H and O–H groups in total. The summed E-state index contributed by atoms with van der Waals surface area (Å²) in [4.78, 5) is 17.0. The van der Waals surface area contributed by atoms with Crippen molar-refractivity contribution in [3.8, 4) is 0 Å². The van der Waals surface area contributed by atoms with Crippen molar-refractivity contribution >= 4 is 29.7 Å². The first-order valence-electron chi connectivity index (χ1n) is 8.07. The molecule has 0 atom stereocenters. The number of carbonyl (C=O) groups excluding carboxylic acids is 1. The lowest BCUT2D eigenvalue weighted by atomic mass is 9.97. The van der Waals surface area contributed by atoms with E-state index < -0.39 is 0 Å². The third-order valence-electron chi connectivity index (χ3n) is 4.62. The van der Waals surface area contributed by atoms with Crippen LogP contribution in [0.1, 0.15) is 29.6 Å². The molecule has 6 heteroatoms. The fourth-order valence-corrected chi connectivity index (χ4v) is 3.98. The van der Waals surface area contributed by atoms with E-state index in [0.717, 1.165) is 44.1 Å². The largest absolute Gasteiger partial charge is 0.337 e. The normalized spacial score (nSPS) is 21.2. The Morgan fingerprint density at radius 2 is 2.05 bits per heavy atom. The second-order valence-electron chi connectivity index (χ2n) is 6.15. The number of rotatable bonds is 3. The van der Waals surface area contributed by atoms with Crippen LogP contribution in [0.5, 0.6) is 0 Å². The van der Waals surface area contributed by atoms with Gasteiger partial charge in [-0.15, -0.1) is 12.4 Å². The molecule has 22 heavy (non-hydrogen) atoms. The lowest BCUT2D eigenvalue weighted by Crippen LogP contribution is -2.39. The molecule has 2 aliphatic heterocycles. The number of nitrogens with one attached hydrogen (secondary N) is 1. The maximum Gasteiger partial charge on any atom is 0.254 e. The van der Waals surface area contributed by atoms with E-state index in [9.17, 15) is 4.79 Å². The van der Waals surface area contributed by atoms with Crippen molar-refractivity contribution in [1.82, 2.24) is 15.1 Å². The summed E-state index contributed by atoms with van der Waals surface area (Å²) >= 11 is 1.60. The lowest BCUT2D eigenvalue weighted by Gasteiger charge is -2.29. The summed E-state index contributed by atoms with van der Waals surface area (Å²) in [5, 5.41) is 7.37. The van der Waals surface area contributed by atoms with Gasteiger partial charge in [0.1, 0.15) is 0 Å². The first kappa shape index (κ1) is 17.7. The molecule has 0 radical (unpaired) electrons. The van der Waals surface area contributed by atoms with Crippen molar-refractivity contribution in [2.24, 2.45) is 5.92 Å². The van der Waals surface area contributed by atoms with Gasteiger partial charge in [0, 0.05) is 31.6 Å². The number of hydrogen-bond donors (Lipinski definition) is 1. The van der Waals surface area contributed by atoms with Gasteiger partial charge in [-0.3, -0.25) is 4.79 Å². The Kier molecular flexibility index (Phi) is 7.15. The third kappa shape index (κ3) is 4.69. The molecule has 1 aromatic rings. The van der Waals surface area contributed by atoms with E-state index in [0.29, 0.717) is 0 Å². The number of nitrogens with zero attached hydrogens (tertiary/aromatic N) is 2. The Morgan fingerprint density at radius 3 is 2.77 bits per heavy atom. The van der Waals surface area contributed by atoms with Gasteiger partial charge in [-0.05, 0) is 56.3 Å². The Labute approximate surface area is 143 Å². The van der Waals surface area contributed by atoms with Crippen LogP contribution >= 0.6 is 23.7 Å². The monoisotopic (exact) mass is 343 g/mol. The molecule has 0 bridgehead atoms. The van der Waals surface area contributed by atoms with Gasteiger partial charge in [-0.1, -0.05) is 0 Å². The Balaban J connectivity index is 0.00000176. The highest BCUT2D eigenvalue weighted by molar-refractivity contribution is 7.08.